The van der Waals surface area contributed by atoms with Gasteiger partial charge in [-0.1, -0.05) is 25.1 Å². The summed E-state index contributed by atoms with van der Waals surface area (Å²) in [4.78, 5) is 19.4. The molecule has 2 aliphatic heterocycles. The normalized spacial score (nSPS) is 18.6. The Bertz CT molecular complexity index is 808. The smallest absolute Gasteiger partial charge is 0.255 e. The zero-order chi connectivity index (χ0) is 18.7. The maximum Gasteiger partial charge on any atom is 0.255 e. The number of nitrogens with zero attached hydrogens (tertiary/aromatic N) is 2. The van der Waals surface area contributed by atoms with Crippen LogP contribution in [-0.2, 0) is 15.9 Å². The van der Waals surface area contributed by atoms with Crippen LogP contribution in [0.15, 0.2) is 42.6 Å². The minimum atomic E-state index is -0.407. The lowest BCUT2D eigenvalue weighted by Gasteiger charge is -2.38. The van der Waals surface area contributed by atoms with Gasteiger partial charge in [0.2, 0.25) is 0 Å². The first kappa shape index (κ1) is 17.9. The van der Waals surface area contributed by atoms with Gasteiger partial charge in [-0.15, -0.1) is 0 Å². The van der Waals surface area contributed by atoms with Crippen molar-refractivity contribution in [1.82, 2.24) is 4.98 Å². The first-order chi connectivity index (χ1) is 13.2. The van der Waals surface area contributed by atoms with Crippen LogP contribution in [0.5, 0.6) is 0 Å². The highest BCUT2D eigenvalue weighted by Gasteiger charge is 2.40. The molecule has 0 radical (unpaired) electrons. The zero-order valence-corrected chi connectivity index (χ0v) is 15.6. The second-order valence-electron chi connectivity index (χ2n) is 6.96. The van der Waals surface area contributed by atoms with E-state index in [1.807, 2.05) is 30.3 Å². The van der Waals surface area contributed by atoms with Gasteiger partial charge in [0, 0.05) is 43.4 Å². The fourth-order valence-corrected chi connectivity index (χ4v) is 3.74. The van der Waals surface area contributed by atoms with E-state index in [2.05, 4.69) is 22.1 Å². The standard InChI is InChI=1S/C21H25N3O3/c1-2-16-5-3-4-6-18(16)23-20(25)17-7-10-22-19(15-17)24-11-8-21(9-12-24)26-13-14-27-21/h3-7,10,15H,2,8-9,11-14H2,1H3,(H,23,25). The van der Waals surface area contributed by atoms with Crippen molar-refractivity contribution >= 4 is 17.4 Å². The molecule has 1 aromatic heterocycles. The molecule has 2 aliphatic rings. The van der Waals surface area contributed by atoms with E-state index in [1.54, 1.807) is 12.3 Å². The highest BCUT2D eigenvalue weighted by molar-refractivity contribution is 6.05. The highest BCUT2D eigenvalue weighted by Crippen LogP contribution is 2.32. The Hall–Kier alpha value is -2.44. The van der Waals surface area contributed by atoms with Gasteiger partial charge in [-0.2, -0.15) is 0 Å². The van der Waals surface area contributed by atoms with E-state index < -0.39 is 5.79 Å². The number of para-hydroxylation sites is 1. The first-order valence-electron chi connectivity index (χ1n) is 9.57. The van der Waals surface area contributed by atoms with Crippen LogP contribution < -0.4 is 10.2 Å². The number of carbonyl (C=O) groups is 1. The molecule has 4 rings (SSSR count). The molecule has 0 saturated carbocycles. The van der Waals surface area contributed by atoms with Crippen molar-refractivity contribution in [3.63, 3.8) is 0 Å². The molecule has 27 heavy (non-hydrogen) atoms. The number of nitrogens with one attached hydrogen (secondary N) is 1. The molecule has 1 aromatic carbocycles. The van der Waals surface area contributed by atoms with E-state index in [0.717, 1.165) is 49.4 Å². The number of carbonyl (C=O) groups excluding carboxylic acids is 1. The van der Waals surface area contributed by atoms with E-state index in [0.29, 0.717) is 18.8 Å². The molecule has 1 N–H and O–H groups in total. The van der Waals surface area contributed by atoms with Crippen LogP contribution in [0.25, 0.3) is 0 Å². The van der Waals surface area contributed by atoms with E-state index in [4.69, 9.17) is 9.47 Å². The van der Waals surface area contributed by atoms with Crippen LogP contribution in [0.2, 0.25) is 0 Å². The lowest BCUT2D eigenvalue weighted by Crippen LogP contribution is -2.45. The third kappa shape index (κ3) is 3.82. The molecular formula is C21H25N3O3. The molecular weight excluding hydrogens is 342 g/mol. The van der Waals surface area contributed by atoms with Crippen molar-refractivity contribution in [3.8, 4) is 0 Å². The third-order valence-corrected chi connectivity index (χ3v) is 5.32. The van der Waals surface area contributed by atoms with Gasteiger partial charge in [-0.05, 0) is 30.2 Å². The summed E-state index contributed by atoms with van der Waals surface area (Å²) >= 11 is 0. The second kappa shape index (κ2) is 7.66. The van der Waals surface area contributed by atoms with Gasteiger partial charge in [0.25, 0.3) is 5.91 Å². The lowest BCUT2D eigenvalue weighted by molar-refractivity contribution is -0.169. The number of benzene rings is 1. The number of hydrogen-bond acceptors (Lipinski definition) is 5. The number of hydrogen-bond donors (Lipinski definition) is 1. The minimum Gasteiger partial charge on any atom is -0.356 e. The predicted octanol–water partition coefficient (Wildman–Crippen LogP) is 3.24. The Morgan fingerprint density at radius 2 is 1.93 bits per heavy atom. The number of rotatable bonds is 4. The fraction of sp³-hybridized carbons (Fsp3) is 0.429. The summed E-state index contributed by atoms with van der Waals surface area (Å²) in [5.41, 5.74) is 2.59. The fourth-order valence-electron chi connectivity index (χ4n) is 3.74. The number of aromatic nitrogens is 1. The van der Waals surface area contributed by atoms with Crippen LogP contribution in [-0.4, -0.2) is 43.0 Å². The lowest BCUT2D eigenvalue weighted by atomic mass is 10.0. The van der Waals surface area contributed by atoms with Crippen molar-refractivity contribution in [3.05, 3.63) is 53.7 Å². The molecule has 6 nitrogen and oxygen atoms in total. The summed E-state index contributed by atoms with van der Waals surface area (Å²) in [5, 5.41) is 3.02. The van der Waals surface area contributed by atoms with E-state index in [-0.39, 0.29) is 5.91 Å². The summed E-state index contributed by atoms with van der Waals surface area (Å²) < 4.78 is 11.6. The predicted molar refractivity (Wildman–Crippen MR) is 104 cm³/mol. The molecule has 1 spiro atoms. The summed E-state index contributed by atoms with van der Waals surface area (Å²) in [6.07, 6.45) is 4.20. The Labute approximate surface area is 159 Å². The minimum absolute atomic E-state index is 0.115. The quantitative estimate of drug-likeness (QED) is 0.899. The molecule has 0 unspecified atom stereocenters. The molecule has 2 aromatic rings. The third-order valence-electron chi connectivity index (χ3n) is 5.32. The van der Waals surface area contributed by atoms with Crippen molar-refractivity contribution in [2.45, 2.75) is 32.0 Å². The second-order valence-corrected chi connectivity index (χ2v) is 6.96. The van der Waals surface area contributed by atoms with Gasteiger partial charge in [0.15, 0.2) is 5.79 Å². The molecule has 0 aliphatic carbocycles. The number of amides is 1. The van der Waals surface area contributed by atoms with Crippen LogP contribution in [0.4, 0.5) is 11.5 Å². The maximum atomic E-state index is 12.7. The molecule has 3 heterocycles. The number of piperidine rings is 1. The van der Waals surface area contributed by atoms with Gasteiger partial charge in [0.1, 0.15) is 5.82 Å². The van der Waals surface area contributed by atoms with E-state index >= 15 is 0 Å². The Morgan fingerprint density at radius 1 is 1.19 bits per heavy atom. The highest BCUT2D eigenvalue weighted by atomic mass is 16.7. The number of ether oxygens (including phenoxy) is 2. The molecule has 2 fully saturated rings. The van der Waals surface area contributed by atoms with Crippen LogP contribution in [0.1, 0.15) is 35.7 Å². The molecule has 142 valence electrons. The number of anilines is 2. The Morgan fingerprint density at radius 3 is 2.67 bits per heavy atom. The van der Waals surface area contributed by atoms with Gasteiger partial charge < -0.3 is 19.7 Å². The van der Waals surface area contributed by atoms with Crippen molar-refractivity contribution in [2.75, 3.05) is 36.5 Å². The van der Waals surface area contributed by atoms with Crippen LogP contribution in [0.3, 0.4) is 0 Å². The van der Waals surface area contributed by atoms with Crippen LogP contribution in [0, 0.1) is 0 Å². The number of pyridine rings is 1. The summed E-state index contributed by atoms with van der Waals surface area (Å²) in [6.45, 7) is 5.03. The average Bonchev–Trinajstić information content (AvgIpc) is 3.17. The van der Waals surface area contributed by atoms with Crippen molar-refractivity contribution in [2.24, 2.45) is 0 Å². The zero-order valence-electron chi connectivity index (χ0n) is 15.6. The molecule has 0 bridgehead atoms. The molecule has 0 atom stereocenters. The topological polar surface area (TPSA) is 63.7 Å². The molecule has 2 saturated heterocycles. The number of aryl methyl sites for hydroxylation is 1. The van der Waals surface area contributed by atoms with Crippen LogP contribution >= 0.6 is 0 Å². The molecule has 1 amide bonds. The Kier molecular flexibility index (Phi) is 5.09. The van der Waals surface area contributed by atoms with E-state index in [1.165, 1.54) is 0 Å². The monoisotopic (exact) mass is 367 g/mol. The van der Waals surface area contributed by atoms with Gasteiger partial charge >= 0.3 is 0 Å². The SMILES string of the molecule is CCc1ccccc1NC(=O)c1ccnc(N2CCC3(CC2)OCCO3)c1. The first-order valence-corrected chi connectivity index (χ1v) is 9.57. The molecule has 6 heteroatoms. The van der Waals surface area contributed by atoms with E-state index in [9.17, 15) is 4.79 Å². The maximum absolute atomic E-state index is 12.7. The van der Waals surface area contributed by atoms with Gasteiger partial charge in [-0.25, -0.2) is 4.98 Å². The average molecular weight is 367 g/mol. The van der Waals surface area contributed by atoms with Gasteiger partial charge in [0.05, 0.1) is 13.2 Å². The van der Waals surface area contributed by atoms with Crippen molar-refractivity contribution < 1.29 is 14.3 Å². The summed E-state index contributed by atoms with van der Waals surface area (Å²) in [5.74, 6) is 0.296. The largest absolute Gasteiger partial charge is 0.356 e. The summed E-state index contributed by atoms with van der Waals surface area (Å²) in [6, 6.07) is 11.5. The summed E-state index contributed by atoms with van der Waals surface area (Å²) in [7, 11) is 0. The Balaban J connectivity index is 1.45. The van der Waals surface area contributed by atoms with Gasteiger partial charge in [-0.3, -0.25) is 4.79 Å². The van der Waals surface area contributed by atoms with Crippen molar-refractivity contribution in [1.29, 1.82) is 0 Å².